The van der Waals surface area contributed by atoms with Crippen LogP contribution >= 0.6 is 0 Å². The topological polar surface area (TPSA) is 0 Å². The molecule has 0 heterocycles. The Kier molecular flexibility index (Phi) is 5.84. The molecule has 0 saturated carbocycles. The molecule has 0 aliphatic carbocycles. The van der Waals surface area contributed by atoms with E-state index in [9.17, 15) is 0 Å². The van der Waals surface area contributed by atoms with Gasteiger partial charge in [0.2, 0.25) is 0 Å². The SMILES string of the molecule is c1ccc(C[Si](Cc2ccccc2)(Cc2ccccc2)c2ccccc2)cc1. The van der Waals surface area contributed by atoms with Gasteiger partial charge in [0.1, 0.15) is 0 Å². The first kappa shape index (κ1) is 18.5. The standard InChI is InChI=1S/C27H26Si/c1-5-13-24(14-6-1)21-28(27-19-11-4-12-20-27,22-25-15-7-2-8-16-25)23-26-17-9-3-10-18-26/h1-20H,21-23H2. The molecule has 0 radical (unpaired) electrons. The van der Waals surface area contributed by atoms with Crippen LogP contribution < -0.4 is 5.19 Å². The van der Waals surface area contributed by atoms with E-state index < -0.39 is 8.07 Å². The van der Waals surface area contributed by atoms with Gasteiger partial charge < -0.3 is 0 Å². The van der Waals surface area contributed by atoms with Crippen LogP contribution in [-0.4, -0.2) is 8.07 Å². The Morgan fingerprint density at radius 1 is 0.357 bits per heavy atom. The van der Waals surface area contributed by atoms with Crippen molar-refractivity contribution in [3.05, 3.63) is 138 Å². The van der Waals surface area contributed by atoms with Crippen molar-refractivity contribution in [3.63, 3.8) is 0 Å². The van der Waals surface area contributed by atoms with Crippen LogP contribution in [0.15, 0.2) is 121 Å². The van der Waals surface area contributed by atoms with Gasteiger partial charge in [0.25, 0.3) is 0 Å². The van der Waals surface area contributed by atoms with Crippen molar-refractivity contribution >= 4 is 13.3 Å². The van der Waals surface area contributed by atoms with Crippen LogP contribution in [-0.2, 0) is 18.1 Å². The van der Waals surface area contributed by atoms with Gasteiger partial charge in [-0.1, -0.05) is 143 Å². The molecular weight excluding hydrogens is 352 g/mol. The first-order chi connectivity index (χ1) is 13.8. The lowest BCUT2D eigenvalue weighted by molar-refractivity contribution is 1.15. The maximum absolute atomic E-state index is 2.36. The highest BCUT2D eigenvalue weighted by Crippen LogP contribution is 2.23. The van der Waals surface area contributed by atoms with Gasteiger partial charge in [-0.05, 0) is 18.1 Å². The Bertz CT molecular complexity index is 862. The number of rotatable bonds is 7. The summed E-state index contributed by atoms with van der Waals surface area (Å²) in [4.78, 5) is 0. The zero-order valence-corrected chi connectivity index (χ0v) is 17.2. The van der Waals surface area contributed by atoms with Gasteiger partial charge in [-0.15, -0.1) is 0 Å². The molecule has 0 spiro atoms. The molecule has 0 nitrogen and oxygen atoms in total. The average molecular weight is 379 g/mol. The number of hydrogen-bond acceptors (Lipinski definition) is 0. The molecule has 28 heavy (non-hydrogen) atoms. The Morgan fingerprint density at radius 3 is 0.964 bits per heavy atom. The molecule has 0 aromatic heterocycles. The summed E-state index contributed by atoms with van der Waals surface area (Å²) in [7, 11) is -1.89. The molecule has 0 unspecified atom stereocenters. The molecule has 0 aliphatic rings. The van der Waals surface area contributed by atoms with Crippen LogP contribution in [0.4, 0.5) is 0 Å². The highest BCUT2D eigenvalue weighted by atomic mass is 28.3. The van der Waals surface area contributed by atoms with Gasteiger partial charge in [-0.2, -0.15) is 0 Å². The highest BCUT2D eigenvalue weighted by molar-refractivity contribution is 6.90. The Labute approximate surface area is 169 Å². The third-order valence-electron chi connectivity index (χ3n) is 5.54. The van der Waals surface area contributed by atoms with E-state index in [1.165, 1.54) is 16.7 Å². The van der Waals surface area contributed by atoms with Crippen LogP contribution in [0, 0.1) is 0 Å². The van der Waals surface area contributed by atoms with E-state index in [0.717, 1.165) is 18.1 Å². The smallest absolute Gasteiger partial charge is 0.0630 e. The summed E-state index contributed by atoms with van der Waals surface area (Å²) in [5.74, 6) is 0. The highest BCUT2D eigenvalue weighted by Gasteiger charge is 2.35. The fourth-order valence-corrected chi connectivity index (χ4v) is 9.18. The molecule has 0 fully saturated rings. The van der Waals surface area contributed by atoms with Crippen molar-refractivity contribution < 1.29 is 0 Å². The van der Waals surface area contributed by atoms with Gasteiger partial charge in [-0.3, -0.25) is 0 Å². The molecule has 138 valence electrons. The molecule has 4 rings (SSSR count). The van der Waals surface area contributed by atoms with Crippen molar-refractivity contribution in [3.8, 4) is 0 Å². The molecule has 0 N–H and O–H groups in total. The second kappa shape index (κ2) is 8.86. The fraction of sp³-hybridized carbons (Fsp3) is 0.111. The maximum atomic E-state index is 2.36. The van der Waals surface area contributed by atoms with Crippen molar-refractivity contribution in [1.29, 1.82) is 0 Å². The van der Waals surface area contributed by atoms with Gasteiger partial charge in [0, 0.05) is 0 Å². The van der Waals surface area contributed by atoms with Crippen molar-refractivity contribution in [2.45, 2.75) is 18.1 Å². The Morgan fingerprint density at radius 2 is 0.643 bits per heavy atom. The lowest BCUT2D eigenvalue weighted by Crippen LogP contribution is -2.55. The molecule has 1 heteroatoms. The first-order valence-electron chi connectivity index (χ1n) is 10.0. The fourth-order valence-electron chi connectivity index (χ4n) is 4.25. The van der Waals surface area contributed by atoms with E-state index in [0.29, 0.717) is 0 Å². The predicted molar refractivity (Wildman–Crippen MR) is 122 cm³/mol. The van der Waals surface area contributed by atoms with Crippen molar-refractivity contribution in [2.24, 2.45) is 0 Å². The third-order valence-corrected chi connectivity index (χ3v) is 10.4. The van der Waals surface area contributed by atoms with E-state index in [-0.39, 0.29) is 0 Å². The van der Waals surface area contributed by atoms with Gasteiger partial charge in [-0.25, -0.2) is 0 Å². The lowest BCUT2D eigenvalue weighted by Gasteiger charge is -2.33. The molecule has 4 aromatic rings. The van der Waals surface area contributed by atoms with Crippen LogP contribution in [0.2, 0.25) is 0 Å². The van der Waals surface area contributed by atoms with E-state index in [2.05, 4.69) is 121 Å². The molecule has 0 amide bonds. The number of benzene rings is 4. The first-order valence-corrected chi connectivity index (χ1v) is 12.6. The predicted octanol–water partition coefficient (Wildman–Crippen LogP) is 5.69. The van der Waals surface area contributed by atoms with Crippen LogP contribution in [0.3, 0.4) is 0 Å². The van der Waals surface area contributed by atoms with Gasteiger partial charge in [0.05, 0.1) is 8.07 Å². The van der Waals surface area contributed by atoms with E-state index in [1.807, 2.05) is 0 Å². The molecule has 0 atom stereocenters. The Hall–Kier alpha value is -2.90. The molecule has 0 bridgehead atoms. The van der Waals surface area contributed by atoms with Crippen LogP contribution in [0.25, 0.3) is 0 Å². The van der Waals surface area contributed by atoms with Crippen LogP contribution in [0.1, 0.15) is 16.7 Å². The summed E-state index contributed by atoms with van der Waals surface area (Å²) in [6.07, 6.45) is 0. The summed E-state index contributed by atoms with van der Waals surface area (Å²) in [6, 6.07) is 47.9. The average Bonchev–Trinajstić information content (AvgIpc) is 2.76. The lowest BCUT2D eigenvalue weighted by atomic mass is 10.2. The molecular formula is C27H26Si. The summed E-state index contributed by atoms with van der Waals surface area (Å²) < 4.78 is 0. The third kappa shape index (κ3) is 4.49. The summed E-state index contributed by atoms with van der Waals surface area (Å²) in [5, 5.41) is 1.55. The molecule has 0 aliphatic heterocycles. The normalized spacial score (nSPS) is 11.3. The minimum Gasteiger partial charge on any atom is -0.0630 e. The van der Waals surface area contributed by atoms with Crippen molar-refractivity contribution in [1.82, 2.24) is 0 Å². The maximum Gasteiger partial charge on any atom is 0.0995 e. The molecule has 0 saturated heterocycles. The van der Waals surface area contributed by atoms with Gasteiger partial charge >= 0.3 is 0 Å². The quantitative estimate of drug-likeness (QED) is 0.363. The number of hydrogen-bond donors (Lipinski definition) is 0. The van der Waals surface area contributed by atoms with Gasteiger partial charge in [0.15, 0.2) is 0 Å². The molecule has 4 aromatic carbocycles. The second-order valence-corrected chi connectivity index (χ2v) is 11.8. The van der Waals surface area contributed by atoms with E-state index in [4.69, 9.17) is 0 Å². The largest absolute Gasteiger partial charge is 0.0995 e. The minimum absolute atomic E-state index is 1.15. The summed E-state index contributed by atoms with van der Waals surface area (Å²) >= 11 is 0. The van der Waals surface area contributed by atoms with Crippen LogP contribution in [0.5, 0.6) is 0 Å². The summed E-state index contributed by atoms with van der Waals surface area (Å²) in [5.41, 5.74) is 4.35. The van der Waals surface area contributed by atoms with Crippen molar-refractivity contribution in [2.75, 3.05) is 0 Å². The van der Waals surface area contributed by atoms with E-state index in [1.54, 1.807) is 5.19 Å². The zero-order chi connectivity index (χ0) is 19.1. The Balaban J connectivity index is 1.82. The zero-order valence-electron chi connectivity index (χ0n) is 16.2. The minimum atomic E-state index is -1.89. The monoisotopic (exact) mass is 378 g/mol. The second-order valence-electron chi connectivity index (χ2n) is 7.63. The summed E-state index contributed by atoms with van der Waals surface area (Å²) in [6.45, 7) is 0. The van der Waals surface area contributed by atoms with E-state index >= 15 is 0 Å².